The van der Waals surface area contributed by atoms with Crippen molar-refractivity contribution in [3.8, 4) is 5.75 Å². The average Bonchev–Trinajstić information content (AvgIpc) is 1.89. The van der Waals surface area contributed by atoms with Crippen molar-refractivity contribution >= 4 is 17.2 Å². The van der Waals surface area contributed by atoms with Crippen molar-refractivity contribution in [2.24, 2.45) is 0 Å². The van der Waals surface area contributed by atoms with Crippen molar-refractivity contribution in [1.29, 1.82) is 5.41 Å². The SMILES string of the molecule is N=Cc1ccccc1O.[SiH4]. The van der Waals surface area contributed by atoms with Gasteiger partial charge in [-0.2, -0.15) is 0 Å². The Kier molecular flexibility index (Phi) is 3.42. The molecule has 1 rings (SSSR count). The molecule has 1 aromatic rings. The Morgan fingerprint density at radius 3 is 2.30 bits per heavy atom. The molecule has 54 valence electrons. The molecule has 10 heavy (non-hydrogen) atoms. The quantitative estimate of drug-likeness (QED) is 0.431. The Bertz CT molecular complexity index is 225. The highest BCUT2D eigenvalue weighted by Gasteiger charge is 1.91. The first kappa shape index (κ1) is 8.91. The highest BCUT2D eigenvalue weighted by atomic mass is 28.1. The van der Waals surface area contributed by atoms with Crippen LogP contribution in [0.2, 0.25) is 0 Å². The van der Waals surface area contributed by atoms with Crippen LogP contribution in [0.15, 0.2) is 24.3 Å². The van der Waals surface area contributed by atoms with E-state index in [0.717, 1.165) is 6.21 Å². The maximum absolute atomic E-state index is 8.96. The fourth-order valence-corrected chi connectivity index (χ4v) is 0.610. The van der Waals surface area contributed by atoms with Gasteiger partial charge in [-0.1, -0.05) is 12.1 Å². The van der Waals surface area contributed by atoms with Gasteiger partial charge in [0.05, 0.1) is 0 Å². The number of phenolic OH excluding ortho intramolecular Hbond substituents is 1. The third-order valence-corrected chi connectivity index (χ3v) is 1.09. The molecule has 2 nitrogen and oxygen atoms in total. The maximum Gasteiger partial charge on any atom is 0.124 e. The zero-order valence-electron chi connectivity index (χ0n) is 4.83. The Morgan fingerprint density at radius 2 is 1.90 bits per heavy atom. The first-order valence-electron chi connectivity index (χ1n) is 2.63. The standard InChI is InChI=1S/C7H7NO.H4Si/c8-5-6-3-1-2-4-7(6)9;/h1-5,8-9H;1H4. The van der Waals surface area contributed by atoms with Gasteiger partial charge in [0.2, 0.25) is 0 Å². The molecule has 0 saturated carbocycles. The van der Waals surface area contributed by atoms with Crippen molar-refractivity contribution < 1.29 is 5.11 Å². The second-order valence-corrected chi connectivity index (χ2v) is 1.70. The molecular weight excluding hydrogens is 142 g/mol. The topological polar surface area (TPSA) is 44.1 Å². The minimum absolute atomic E-state index is 0. The van der Waals surface area contributed by atoms with Crippen LogP contribution in [0.1, 0.15) is 5.56 Å². The molecule has 0 heterocycles. The lowest BCUT2D eigenvalue weighted by molar-refractivity contribution is 0.474. The van der Waals surface area contributed by atoms with Gasteiger partial charge in [-0.05, 0) is 23.1 Å². The van der Waals surface area contributed by atoms with E-state index in [1.165, 1.54) is 0 Å². The number of phenols is 1. The Labute approximate surface area is 64.0 Å². The molecule has 2 N–H and O–H groups in total. The fraction of sp³-hybridized carbons (Fsp3) is 0. The maximum atomic E-state index is 8.96. The third kappa shape index (κ3) is 1.70. The molecule has 0 saturated heterocycles. The highest BCUT2D eigenvalue weighted by molar-refractivity contribution is 5.80. The second kappa shape index (κ2) is 3.84. The number of rotatable bonds is 1. The van der Waals surface area contributed by atoms with Gasteiger partial charge in [-0.3, -0.25) is 0 Å². The molecule has 0 aliphatic heterocycles. The van der Waals surface area contributed by atoms with Crippen molar-refractivity contribution in [2.45, 2.75) is 0 Å². The normalized spacial score (nSPS) is 8.00. The number of hydrogen-bond donors (Lipinski definition) is 2. The van der Waals surface area contributed by atoms with E-state index in [9.17, 15) is 0 Å². The summed E-state index contributed by atoms with van der Waals surface area (Å²) in [5.74, 6) is 0.160. The van der Waals surface area contributed by atoms with Crippen molar-refractivity contribution in [2.75, 3.05) is 0 Å². The monoisotopic (exact) mass is 153 g/mol. The van der Waals surface area contributed by atoms with Gasteiger partial charge in [0, 0.05) is 11.8 Å². The summed E-state index contributed by atoms with van der Waals surface area (Å²) in [5.41, 5.74) is 0.553. The van der Waals surface area contributed by atoms with Crippen LogP contribution in [0.5, 0.6) is 5.75 Å². The molecule has 0 bridgehead atoms. The minimum atomic E-state index is 0. The van der Waals surface area contributed by atoms with Crippen LogP contribution in [0, 0.1) is 5.41 Å². The van der Waals surface area contributed by atoms with Crippen LogP contribution in [-0.2, 0) is 0 Å². The Morgan fingerprint density at radius 1 is 1.30 bits per heavy atom. The summed E-state index contributed by atoms with van der Waals surface area (Å²) in [6.07, 6.45) is 1.12. The summed E-state index contributed by atoms with van der Waals surface area (Å²) in [5, 5.41) is 15.8. The predicted octanol–water partition coefficient (Wildman–Crippen LogP) is -0.0617. The van der Waals surface area contributed by atoms with E-state index in [1.807, 2.05) is 0 Å². The van der Waals surface area contributed by atoms with Gasteiger partial charge in [-0.15, -0.1) is 0 Å². The third-order valence-electron chi connectivity index (χ3n) is 1.09. The lowest BCUT2D eigenvalue weighted by atomic mass is 10.2. The van der Waals surface area contributed by atoms with Gasteiger partial charge in [-0.25, -0.2) is 0 Å². The van der Waals surface area contributed by atoms with Crippen molar-refractivity contribution in [1.82, 2.24) is 0 Å². The zero-order chi connectivity index (χ0) is 6.69. The molecule has 0 spiro atoms. The number of benzene rings is 1. The van der Waals surface area contributed by atoms with Crippen LogP contribution in [0.25, 0.3) is 0 Å². The lowest BCUT2D eigenvalue weighted by Crippen LogP contribution is -1.77. The molecule has 0 amide bonds. The van der Waals surface area contributed by atoms with E-state index in [0.29, 0.717) is 5.56 Å². The summed E-state index contributed by atoms with van der Waals surface area (Å²) in [6, 6.07) is 6.74. The highest BCUT2D eigenvalue weighted by Crippen LogP contribution is 2.11. The van der Waals surface area contributed by atoms with Gasteiger partial charge < -0.3 is 10.5 Å². The number of hydrogen-bond acceptors (Lipinski definition) is 2. The molecule has 0 aromatic heterocycles. The predicted molar refractivity (Wildman–Crippen MR) is 47.3 cm³/mol. The van der Waals surface area contributed by atoms with Crippen molar-refractivity contribution in [3.05, 3.63) is 29.8 Å². The van der Waals surface area contributed by atoms with Crippen LogP contribution in [0.3, 0.4) is 0 Å². The number of nitrogens with one attached hydrogen (secondary N) is 1. The van der Waals surface area contributed by atoms with Crippen LogP contribution >= 0.6 is 0 Å². The Balaban J connectivity index is 0.000000810. The molecule has 0 fully saturated rings. The van der Waals surface area contributed by atoms with E-state index in [1.54, 1.807) is 24.3 Å². The summed E-state index contributed by atoms with van der Waals surface area (Å²) in [4.78, 5) is 0. The minimum Gasteiger partial charge on any atom is -0.507 e. The largest absolute Gasteiger partial charge is 0.507 e. The van der Waals surface area contributed by atoms with E-state index in [2.05, 4.69) is 0 Å². The van der Waals surface area contributed by atoms with E-state index >= 15 is 0 Å². The van der Waals surface area contributed by atoms with Crippen LogP contribution < -0.4 is 0 Å². The molecular formula is C7H11NOSi. The van der Waals surface area contributed by atoms with Gasteiger partial charge in [0.25, 0.3) is 0 Å². The average molecular weight is 153 g/mol. The summed E-state index contributed by atoms with van der Waals surface area (Å²) < 4.78 is 0. The van der Waals surface area contributed by atoms with Crippen LogP contribution in [-0.4, -0.2) is 22.3 Å². The molecule has 0 aliphatic rings. The molecule has 1 aromatic carbocycles. The first-order valence-corrected chi connectivity index (χ1v) is 2.63. The number of para-hydroxylation sites is 1. The van der Waals surface area contributed by atoms with E-state index < -0.39 is 0 Å². The van der Waals surface area contributed by atoms with E-state index in [-0.39, 0.29) is 16.7 Å². The second-order valence-electron chi connectivity index (χ2n) is 1.70. The summed E-state index contributed by atoms with van der Waals surface area (Å²) in [7, 11) is 0. The summed E-state index contributed by atoms with van der Waals surface area (Å²) in [6.45, 7) is 0. The molecule has 0 radical (unpaired) electrons. The van der Waals surface area contributed by atoms with Crippen molar-refractivity contribution in [3.63, 3.8) is 0 Å². The molecule has 3 heteroatoms. The summed E-state index contributed by atoms with van der Waals surface area (Å²) >= 11 is 0. The molecule has 0 unspecified atom stereocenters. The van der Waals surface area contributed by atoms with Gasteiger partial charge in [0.15, 0.2) is 0 Å². The zero-order valence-corrected chi connectivity index (χ0v) is 4.83. The first-order chi connectivity index (χ1) is 4.34. The lowest BCUT2D eigenvalue weighted by Gasteiger charge is -1.92. The Hall–Kier alpha value is -1.09. The van der Waals surface area contributed by atoms with E-state index in [4.69, 9.17) is 10.5 Å². The molecule has 0 atom stereocenters. The number of aromatic hydroxyl groups is 1. The molecule has 0 aliphatic carbocycles. The van der Waals surface area contributed by atoms with Gasteiger partial charge in [0.1, 0.15) is 5.75 Å². The fourth-order valence-electron chi connectivity index (χ4n) is 0.610. The van der Waals surface area contributed by atoms with Gasteiger partial charge >= 0.3 is 0 Å². The smallest absolute Gasteiger partial charge is 0.124 e. The van der Waals surface area contributed by atoms with Crippen LogP contribution in [0.4, 0.5) is 0 Å².